The van der Waals surface area contributed by atoms with E-state index < -0.39 is 56.2 Å². The zero-order chi connectivity index (χ0) is 20.6. The summed E-state index contributed by atoms with van der Waals surface area (Å²) in [6, 6.07) is 7.05. The molecule has 0 fully saturated rings. The van der Waals surface area contributed by atoms with Crippen molar-refractivity contribution in [1.82, 2.24) is 9.97 Å². The summed E-state index contributed by atoms with van der Waals surface area (Å²) in [6.07, 6.45) is -4.81. The van der Waals surface area contributed by atoms with E-state index in [0.717, 1.165) is 0 Å². The van der Waals surface area contributed by atoms with Gasteiger partial charge in [-0.2, -0.15) is 22.5 Å². The molecule has 0 amide bonds. The SMILES string of the molecule is Nc1nc(N)c(S(=O)(=O)Cc2ccccc2)c(C(F)(F)C(F)(F)C(F)F)n1. The maximum atomic E-state index is 14.2. The van der Waals surface area contributed by atoms with Gasteiger partial charge in [-0.15, -0.1) is 0 Å². The fraction of sp³-hybridized carbons (Fsp3) is 0.286. The molecule has 4 N–H and O–H groups in total. The summed E-state index contributed by atoms with van der Waals surface area (Å²) < 4.78 is 105. The molecule has 1 heterocycles. The van der Waals surface area contributed by atoms with Crippen molar-refractivity contribution in [3.63, 3.8) is 0 Å². The number of nitrogen functional groups attached to an aromatic ring is 2. The number of benzene rings is 1. The highest BCUT2D eigenvalue weighted by Gasteiger charge is 2.66. The van der Waals surface area contributed by atoms with Gasteiger partial charge in [-0.05, 0) is 5.56 Å². The van der Waals surface area contributed by atoms with Crippen LogP contribution in [0.5, 0.6) is 0 Å². The van der Waals surface area contributed by atoms with Crippen LogP contribution < -0.4 is 11.5 Å². The Morgan fingerprint density at radius 2 is 1.56 bits per heavy atom. The van der Waals surface area contributed by atoms with Gasteiger partial charge >= 0.3 is 18.3 Å². The van der Waals surface area contributed by atoms with E-state index in [1.165, 1.54) is 24.3 Å². The Morgan fingerprint density at radius 3 is 2.07 bits per heavy atom. The van der Waals surface area contributed by atoms with Crippen molar-refractivity contribution in [3.05, 3.63) is 41.6 Å². The first-order chi connectivity index (χ1) is 12.3. The van der Waals surface area contributed by atoms with Crippen molar-refractivity contribution in [2.45, 2.75) is 28.9 Å². The molecule has 148 valence electrons. The third-order valence-electron chi connectivity index (χ3n) is 3.41. The highest BCUT2D eigenvalue weighted by Crippen LogP contribution is 2.48. The van der Waals surface area contributed by atoms with Crippen molar-refractivity contribution in [2.24, 2.45) is 0 Å². The number of nitrogens with two attached hydrogens (primary N) is 2. The molecule has 0 aliphatic heterocycles. The molecule has 1 aromatic heterocycles. The summed E-state index contributed by atoms with van der Waals surface area (Å²) >= 11 is 0. The molecule has 0 radical (unpaired) electrons. The molecule has 27 heavy (non-hydrogen) atoms. The van der Waals surface area contributed by atoms with E-state index in [4.69, 9.17) is 11.5 Å². The van der Waals surface area contributed by atoms with Crippen LogP contribution >= 0.6 is 0 Å². The van der Waals surface area contributed by atoms with Gasteiger partial charge in [0.1, 0.15) is 16.4 Å². The first-order valence-corrected chi connectivity index (χ1v) is 8.70. The number of rotatable bonds is 6. The van der Waals surface area contributed by atoms with E-state index in [0.29, 0.717) is 0 Å². The minimum atomic E-state index is -5.93. The Morgan fingerprint density at radius 1 is 1.00 bits per heavy atom. The molecule has 13 heteroatoms. The molecule has 0 unspecified atom stereocenters. The molecular weight excluding hydrogens is 402 g/mol. The Labute approximate surface area is 149 Å². The first kappa shape index (κ1) is 20.7. The predicted octanol–water partition coefficient (Wildman–Crippen LogP) is 2.61. The largest absolute Gasteiger partial charge is 0.382 e. The highest BCUT2D eigenvalue weighted by molar-refractivity contribution is 7.90. The summed E-state index contributed by atoms with van der Waals surface area (Å²) in [5.41, 5.74) is 8.29. The number of aromatic nitrogens is 2. The van der Waals surface area contributed by atoms with Crippen molar-refractivity contribution < 1.29 is 34.8 Å². The van der Waals surface area contributed by atoms with Crippen molar-refractivity contribution in [1.29, 1.82) is 0 Å². The molecule has 0 saturated carbocycles. The zero-order valence-corrected chi connectivity index (χ0v) is 14.0. The van der Waals surface area contributed by atoms with Crippen LogP contribution in [-0.2, 0) is 21.5 Å². The Balaban J connectivity index is 2.71. The van der Waals surface area contributed by atoms with Gasteiger partial charge in [0.25, 0.3) is 0 Å². The lowest BCUT2D eigenvalue weighted by atomic mass is 10.1. The third kappa shape index (κ3) is 3.77. The number of nitrogens with zero attached hydrogens (tertiary/aromatic N) is 2. The van der Waals surface area contributed by atoms with Crippen LogP contribution in [0.3, 0.4) is 0 Å². The minimum Gasteiger partial charge on any atom is -0.382 e. The number of anilines is 2. The molecule has 6 nitrogen and oxygen atoms in total. The van der Waals surface area contributed by atoms with Crippen LogP contribution in [0.2, 0.25) is 0 Å². The summed E-state index contributed by atoms with van der Waals surface area (Å²) in [7, 11) is -4.82. The zero-order valence-electron chi connectivity index (χ0n) is 13.2. The van der Waals surface area contributed by atoms with Crippen LogP contribution in [0.25, 0.3) is 0 Å². The molecule has 0 aliphatic carbocycles. The minimum absolute atomic E-state index is 0.101. The predicted molar refractivity (Wildman–Crippen MR) is 83.0 cm³/mol. The van der Waals surface area contributed by atoms with Gasteiger partial charge in [0, 0.05) is 0 Å². The van der Waals surface area contributed by atoms with Crippen LogP contribution in [-0.4, -0.2) is 30.7 Å². The van der Waals surface area contributed by atoms with E-state index in [1.54, 1.807) is 6.07 Å². The Hall–Kier alpha value is -2.57. The fourth-order valence-corrected chi connectivity index (χ4v) is 3.77. The number of halogens is 6. The van der Waals surface area contributed by atoms with E-state index in [1.807, 2.05) is 0 Å². The maximum absolute atomic E-state index is 14.2. The molecule has 0 bridgehead atoms. The third-order valence-corrected chi connectivity index (χ3v) is 5.15. The van der Waals surface area contributed by atoms with Gasteiger partial charge < -0.3 is 11.5 Å². The molecule has 1 aromatic carbocycles. The lowest BCUT2D eigenvalue weighted by Gasteiger charge is -2.27. The lowest BCUT2D eigenvalue weighted by molar-refractivity contribution is -0.272. The van der Waals surface area contributed by atoms with Gasteiger partial charge in [-0.3, -0.25) is 0 Å². The molecule has 0 saturated heterocycles. The second-order valence-corrected chi connectivity index (χ2v) is 7.31. The summed E-state index contributed by atoms with van der Waals surface area (Å²) in [5.74, 6) is -14.8. The Kier molecular flexibility index (Phi) is 5.27. The summed E-state index contributed by atoms with van der Waals surface area (Å²) in [4.78, 5) is 4.41. The second-order valence-electron chi connectivity index (χ2n) is 5.39. The molecular formula is C14H12F6N4O2S. The number of alkyl halides is 6. The van der Waals surface area contributed by atoms with Crippen LogP contribution in [0.1, 0.15) is 11.3 Å². The topological polar surface area (TPSA) is 112 Å². The smallest absolute Gasteiger partial charge is 0.375 e. The lowest BCUT2D eigenvalue weighted by Crippen LogP contribution is -2.45. The molecule has 0 atom stereocenters. The monoisotopic (exact) mass is 414 g/mol. The van der Waals surface area contributed by atoms with E-state index in [2.05, 4.69) is 9.97 Å². The average Bonchev–Trinajstić information content (AvgIpc) is 2.53. The van der Waals surface area contributed by atoms with E-state index >= 15 is 0 Å². The number of hydrogen-bond donors (Lipinski definition) is 2. The van der Waals surface area contributed by atoms with Crippen molar-refractivity contribution >= 4 is 21.6 Å². The second kappa shape index (κ2) is 6.87. The summed E-state index contributed by atoms with van der Waals surface area (Å²) in [5, 5.41) is 0. The number of sulfone groups is 1. The van der Waals surface area contributed by atoms with Crippen LogP contribution in [0, 0.1) is 0 Å². The fourth-order valence-electron chi connectivity index (χ4n) is 2.17. The van der Waals surface area contributed by atoms with Gasteiger partial charge in [0.05, 0.1) is 5.75 Å². The molecule has 0 spiro atoms. The molecule has 2 aromatic rings. The van der Waals surface area contributed by atoms with E-state index in [-0.39, 0.29) is 5.56 Å². The summed E-state index contributed by atoms with van der Waals surface area (Å²) in [6.45, 7) is 0. The van der Waals surface area contributed by atoms with Gasteiger partial charge in [-0.1, -0.05) is 30.3 Å². The van der Waals surface area contributed by atoms with Gasteiger partial charge in [0.15, 0.2) is 9.84 Å². The first-order valence-electron chi connectivity index (χ1n) is 7.04. The molecule has 2 rings (SSSR count). The van der Waals surface area contributed by atoms with Gasteiger partial charge in [-0.25, -0.2) is 22.2 Å². The quantitative estimate of drug-likeness (QED) is 0.703. The van der Waals surface area contributed by atoms with Crippen molar-refractivity contribution in [2.75, 3.05) is 11.5 Å². The van der Waals surface area contributed by atoms with Crippen LogP contribution in [0.4, 0.5) is 38.1 Å². The average molecular weight is 414 g/mol. The molecule has 0 aliphatic rings. The maximum Gasteiger partial charge on any atom is 0.375 e. The normalized spacial score (nSPS) is 13.1. The van der Waals surface area contributed by atoms with Crippen LogP contribution in [0.15, 0.2) is 35.2 Å². The van der Waals surface area contributed by atoms with E-state index in [9.17, 15) is 34.8 Å². The van der Waals surface area contributed by atoms with Gasteiger partial charge in [0.2, 0.25) is 5.95 Å². The van der Waals surface area contributed by atoms with Crippen molar-refractivity contribution in [3.8, 4) is 0 Å². The highest BCUT2D eigenvalue weighted by atomic mass is 32.2. The standard InChI is InChI=1S/C14H12F6N4O2S/c15-11(16)14(19,20)13(17,18)9-8(10(21)24-12(22)23-9)27(25,26)6-7-4-2-1-3-5-7/h1-5,11H,6H2,(H4,21,22,23,24). The number of hydrogen-bond acceptors (Lipinski definition) is 6. The Bertz CT molecular complexity index is 938.